The fraction of sp³-hybridized carbons (Fsp3) is 0.500. The number of benzene rings is 1. The number of rotatable bonds is 3. The minimum absolute atomic E-state index is 0.337. The highest BCUT2D eigenvalue weighted by molar-refractivity contribution is 8.04. The third kappa shape index (κ3) is 3.47. The Labute approximate surface area is 181 Å². The number of piperidine rings is 1. The van der Waals surface area contributed by atoms with Crippen LogP contribution in [0.25, 0.3) is 0 Å². The maximum Gasteiger partial charge on any atom is 0.339 e. The Bertz CT molecular complexity index is 925. The van der Waals surface area contributed by atoms with E-state index in [1.807, 2.05) is 24.4 Å². The monoisotopic (exact) mass is 425 g/mol. The van der Waals surface area contributed by atoms with Gasteiger partial charge in [0.1, 0.15) is 6.67 Å². The summed E-state index contributed by atoms with van der Waals surface area (Å²) >= 11 is 1.50. The summed E-state index contributed by atoms with van der Waals surface area (Å²) in [6.45, 7) is 2.74. The number of hydrogen-bond acceptors (Lipinski definition) is 8. The molecule has 0 bridgehead atoms. The van der Waals surface area contributed by atoms with E-state index in [-0.39, 0.29) is 5.97 Å². The van der Waals surface area contributed by atoms with Crippen molar-refractivity contribution < 1.29 is 9.53 Å². The summed E-state index contributed by atoms with van der Waals surface area (Å²) in [5.74, 6) is 1.51. The van der Waals surface area contributed by atoms with E-state index < -0.39 is 0 Å². The van der Waals surface area contributed by atoms with E-state index in [2.05, 4.69) is 20.3 Å². The van der Waals surface area contributed by atoms with E-state index in [0.717, 1.165) is 34.7 Å². The SMILES string of the molecule is COC(=O)c1ccccc1SC1=CN=C(N2CCC3(CCCC3)CC2)N2CNN=C12. The van der Waals surface area contributed by atoms with E-state index in [9.17, 15) is 4.79 Å². The molecule has 1 spiro atoms. The van der Waals surface area contributed by atoms with Crippen LogP contribution in [0.2, 0.25) is 0 Å². The molecular formula is C22H27N5O2S. The molecule has 1 aromatic carbocycles. The molecule has 1 saturated heterocycles. The van der Waals surface area contributed by atoms with Crippen LogP contribution >= 0.6 is 11.8 Å². The number of likely N-dealkylation sites (tertiary alicyclic amines) is 1. The molecular weight excluding hydrogens is 398 g/mol. The number of hydrazone groups is 1. The van der Waals surface area contributed by atoms with Crippen molar-refractivity contribution in [3.63, 3.8) is 0 Å². The van der Waals surface area contributed by atoms with Crippen LogP contribution in [0, 0.1) is 5.41 Å². The average molecular weight is 426 g/mol. The van der Waals surface area contributed by atoms with Crippen LogP contribution in [0.3, 0.4) is 0 Å². The van der Waals surface area contributed by atoms with Gasteiger partial charge in [0.2, 0.25) is 5.96 Å². The molecule has 0 unspecified atom stereocenters. The van der Waals surface area contributed by atoms with Crippen molar-refractivity contribution in [2.45, 2.75) is 43.4 Å². The second-order valence-electron chi connectivity index (χ2n) is 8.39. The van der Waals surface area contributed by atoms with Gasteiger partial charge in [-0.2, -0.15) is 5.10 Å². The number of amidine groups is 1. The van der Waals surface area contributed by atoms with Gasteiger partial charge >= 0.3 is 5.97 Å². The first-order chi connectivity index (χ1) is 14.7. The molecule has 1 aromatic rings. The van der Waals surface area contributed by atoms with Crippen molar-refractivity contribution in [2.24, 2.45) is 15.5 Å². The third-order valence-electron chi connectivity index (χ3n) is 6.71. The number of carbonyl (C=O) groups is 1. The predicted molar refractivity (Wildman–Crippen MR) is 118 cm³/mol. The van der Waals surface area contributed by atoms with Gasteiger partial charge in [0.15, 0.2) is 5.84 Å². The average Bonchev–Trinajstić information content (AvgIpc) is 3.45. The van der Waals surface area contributed by atoms with Gasteiger partial charge in [0, 0.05) is 24.2 Å². The van der Waals surface area contributed by atoms with Gasteiger partial charge < -0.3 is 9.64 Å². The van der Waals surface area contributed by atoms with Gasteiger partial charge in [0.25, 0.3) is 0 Å². The molecule has 30 heavy (non-hydrogen) atoms. The fourth-order valence-corrected chi connectivity index (χ4v) is 5.99. The third-order valence-corrected chi connectivity index (χ3v) is 7.80. The van der Waals surface area contributed by atoms with Gasteiger partial charge in [-0.05, 0) is 43.2 Å². The van der Waals surface area contributed by atoms with Crippen molar-refractivity contribution in [1.82, 2.24) is 15.2 Å². The summed E-state index contributed by atoms with van der Waals surface area (Å²) in [6.07, 6.45) is 9.98. The molecule has 158 valence electrons. The maximum absolute atomic E-state index is 12.1. The van der Waals surface area contributed by atoms with E-state index in [1.54, 1.807) is 6.07 Å². The number of aliphatic imine (C=N–C) groups is 1. The lowest BCUT2D eigenvalue weighted by atomic mass is 9.77. The first-order valence-electron chi connectivity index (χ1n) is 10.7. The van der Waals surface area contributed by atoms with Gasteiger partial charge in [-0.3, -0.25) is 10.3 Å². The summed E-state index contributed by atoms with van der Waals surface area (Å²) in [4.78, 5) is 23.3. The Kier molecular flexibility index (Phi) is 5.18. The molecule has 0 aromatic heterocycles. The lowest BCUT2D eigenvalue weighted by Crippen LogP contribution is -2.52. The van der Waals surface area contributed by atoms with Gasteiger partial charge in [0.05, 0.1) is 17.6 Å². The van der Waals surface area contributed by atoms with Crippen molar-refractivity contribution >= 4 is 29.5 Å². The summed E-state index contributed by atoms with van der Waals surface area (Å²) in [7, 11) is 1.40. The Morgan fingerprint density at radius 2 is 1.93 bits per heavy atom. The van der Waals surface area contributed by atoms with Crippen molar-refractivity contribution in [2.75, 3.05) is 26.9 Å². The van der Waals surface area contributed by atoms with E-state index in [4.69, 9.17) is 9.73 Å². The zero-order valence-corrected chi connectivity index (χ0v) is 18.1. The zero-order valence-electron chi connectivity index (χ0n) is 17.3. The molecule has 0 amide bonds. The first kappa shape index (κ1) is 19.5. The number of esters is 1. The predicted octanol–water partition coefficient (Wildman–Crippen LogP) is 3.61. The Hall–Kier alpha value is -2.48. The molecule has 7 nitrogen and oxygen atoms in total. The molecule has 0 radical (unpaired) electrons. The molecule has 1 N–H and O–H groups in total. The number of fused-ring (bicyclic) bond motifs is 1. The van der Waals surface area contributed by atoms with E-state index in [1.165, 1.54) is 57.4 Å². The summed E-state index contributed by atoms with van der Waals surface area (Å²) in [5, 5.41) is 4.53. The van der Waals surface area contributed by atoms with Crippen molar-refractivity contribution in [3.8, 4) is 0 Å². The topological polar surface area (TPSA) is 69.5 Å². The fourth-order valence-electron chi connectivity index (χ4n) is 5.00. The first-order valence-corrected chi connectivity index (χ1v) is 11.5. The van der Waals surface area contributed by atoms with Crippen LogP contribution < -0.4 is 5.43 Å². The Balaban J connectivity index is 1.36. The number of carbonyl (C=O) groups excluding carboxylic acids is 1. The molecule has 1 saturated carbocycles. The molecule has 0 atom stereocenters. The van der Waals surface area contributed by atoms with Gasteiger partial charge in [-0.1, -0.05) is 36.7 Å². The molecule has 2 fully saturated rings. The summed E-state index contributed by atoms with van der Waals surface area (Å²) in [5.41, 5.74) is 4.24. The van der Waals surface area contributed by atoms with Crippen LogP contribution in [0.15, 0.2) is 50.4 Å². The van der Waals surface area contributed by atoms with Crippen molar-refractivity contribution in [3.05, 3.63) is 40.9 Å². The van der Waals surface area contributed by atoms with Gasteiger partial charge in [-0.25, -0.2) is 9.79 Å². The van der Waals surface area contributed by atoms with E-state index >= 15 is 0 Å². The lowest BCUT2D eigenvalue weighted by molar-refractivity contribution is 0.0597. The standard InChI is InChI=1S/C22H27N5O2S/c1-29-20(28)16-6-2-3-7-17(16)30-18-14-23-21(27-15-24-25-19(18)27)26-12-10-22(11-13-26)8-4-5-9-22/h2-3,6-7,14,24H,4-5,8-13,15H2,1H3. The summed E-state index contributed by atoms with van der Waals surface area (Å²) in [6, 6.07) is 7.48. The lowest BCUT2D eigenvalue weighted by Gasteiger charge is -2.42. The van der Waals surface area contributed by atoms with E-state index in [0.29, 0.717) is 17.6 Å². The number of guanidine groups is 1. The summed E-state index contributed by atoms with van der Waals surface area (Å²) < 4.78 is 4.93. The molecule has 3 aliphatic heterocycles. The maximum atomic E-state index is 12.1. The number of nitrogens with zero attached hydrogens (tertiary/aromatic N) is 4. The van der Waals surface area contributed by atoms with Crippen LogP contribution in [-0.2, 0) is 4.74 Å². The second kappa shape index (κ2) is 7.98. The minimum Gasteiger partial charge on any atom is -0.465 e. The van der Waals surface area contributed by atoms with Crippen LogP contribution in [0.1, 0.15) is 48.9 Å². The molecule has 5 rings (SSSR count). The highest BCUT2D eigenvalue weighted by atomic mass is 32.2. The number of ether oxygens (including phenoxy) is 1. The molecule has 8 heteroatoms. The van der Waals surface area contributed by atoms with Crippen LogP contribution in [0.5, 0.6) is 0 Å². The highest BCUT2D eigenvalue weighted by Crippen LogP contribution is 2.46. The van der Waals surface area contributed by atoms with Crippen LogP contribution in [-0.4, -0.2) is 54.4 Å². The molecule has 3 heterocycles. The highest BCUT2D eigenvalue weighted by Gasteiger charge is 2.40. The number of thioether (sulfide) groups is 1. The van der Waals surface area contributed by atoms with Crippen LogP contribution in [0.4, 0.5) is 0 Å². The second-order valence-corrected chi connectivity index (χ2v) is 9.47. The number of hydrogen-bond donors (Lipinski definition) is 1. The largest absolute Gasteiger partial charge is 0.465 e. The number of methoxy groups -OCH3 is 1. The normalized spacial score (nSPS) is 22.2. The molecule has 1 aliphatic carbocycles. The van der Waals surface area contributed by atoms with Gasteiger partial charge in [-0.15, -0.1) is 0 Å². The Morgan fingerprint density at radius 1 is 1.17 bits per heavy atom. The molecule has 4 aliphatic rings. The van der Waals surface area contributed by atoms with Crippen molar-refractivity contribution in [1.29, 1.82) is 0 Å². The minimum atomic E-state index is -0.337. The quantitative estimate of drug-likeness (QED) is 0.746. The number of nitrogens with one attached hydrogen (secondary N) is 1. The Morgan fingerprint density at radius 3 is 2.70 bits per heavy atom. The smallest absolute Gasteiger partial charge is 0.339 e. The zero-order chi connectivity index (χ0) is 20.6.